The summed E-state index contributed by atoms with van der Waals surface area (Å²) in [6, 6.07) is 24.3. The SMILES string of the molecule is O=C(OC[C@H]1O[C@@H](n2cc(CCCF)c(=O)n(C(=O)c3ccccc3)c2=O)C[C@@H]1OC(=O)c1ccccc1)c1ccccc1. The predicted molar refractivity (Wildman–Crippen MR) is 156 cm³/mol. The van der Waals surface area contributed by atoms with Gasteiger partial charge in [-0.15, -0.1) is 0 Å². The van der Waals surface area contributed by atoms with Gasteiger partial charge in [0.05, 0.1) is 17.8 Å². The molecule has 0 unspecified atom stereocenters. The van der Waals surface area contributed by atoms with E-state index in [1.54, 1.807) is 78.9 Å². The van der Waals surface area contributed by atoms with Crippen molar-refractivity contribution < 1.29 is 33.0 Å². The Morgan fingerprint density at radius 3 is 1.98 bits per heavy atom. The second kappa shape index (κ2) is 13.9. The van der Waals surface area contributed by atoms with Crippen LogP contribution in [0.25, 0.3) is 0 Å². The maximum absolute atomic E-state index is 13.7. The Hall–Kier alpha value is -5.16. The number of carbonyl (C=O) groups is 3. The maximum atomic E-state index is 13.7. The molecule has 0 bridgehead atoms. The third kappa shape index (κ3) is 6.73. The van der Waals surface area contributed by atoms with Crippen molar-refractivity contribution in [3.8, 4) is 0 Å². The van der Waals surface area contributed by atoms with Crippen LogP contribution in [0.15, 0.2) is 107 Å². The summed E-state index contributed by atoms with van der Waals surface area (Å²) in [6.45, 7) is -1.03. The van der Waals surface area contributed by atoms with Crippen molar-refractivity contribution in [3.63, 3.8) is 0 Å². The van der Waals surface area contributed by atoms with Gasteiger partial charge in [-0.1, -0.05) is 54.6 Å². The summed E-state index contributed by atoms with van der Waals surface area (Å²) in [5.74, 6) is -2.13. The zero-order chi connectivity index (χ0) is 31.1. The zero-order valence-corrected chi connectivity index (χ0v) is 23.5. The van der Waals surface area contributed by atoms with E-state index in [1.807, 2.05) is 0 Å². The van der Waals surface area contributed by atoms with Crippen molar-refractivity contribution in [2.75, 3.05) is 13.3 Å². The van der Waals surface area contributed by atoms with Gasteiger partial charge in [-0.05, 0) is 49.2 Å². The number of benzene rings is 3. The van der Waals surface area contributed by atoms with E-state index in [-0.39, 0.29) is 42.6 Å². The van der Waals surface area contributed by atoms with Crippen LogP contribution < -0.4 is 11.2 Å². The van der Waals surface area contributed by atoms with Crippen LogP contribution in [-0.4, -0.2) is 52.5 Å². The Kier molecular flexibility index (Phi) is 9.56. The quantitative estimate of drug-likeness (QED) is 0.251. The molecular formula is C33H29FN2O8. The van der Waals surface area contributed by atoms with Crippen LogP contribution in [0.2, 0.25) is 0 Å². The monoisotopic (exact) mass is 600 g/mol. The molecule has 0 N–H and O–H groups in total. The van der Waals surface area contributed by atoms with E-state index in [4.69, 9.17) is 14.2 Å². The standard InChI is InChI=1S/C33H29FN2O8/c34-18-10-17-25-20-35(33(41)36(30(25)38)29(37)22-11-4-1-5-12-22)28-19-26(44-32(40)24-15-8-3-9-16-24)27(43-28)21-42-31(39)23-13-6-2-7-14-23/h1-9,11-16,20,26-28H,10,17-19,21H2/t26-,27+,28+/m0/s1. The number of nitrogens with zero attached hydrogens (tertiary/aromatic N) is 2. The van der Waals surface area contributed by atoms with Gasteiger partial charge in [-0.3, -0.25) is 18.5 Å². The second-order valence-electron chi connectivity index (χ2n) is 10.1. The third-order valence-electron chi connectivity index (χ3n) is 7.14. The molecule has 0 spiro atoms. The average Bonchev–Trinajstić information content (AvgIpc) is 3.46. The Morgan fingerprint density at radius 2 is 1.39 bits per heavy atom. The molecule has 0 aliphatic carbocycles. The smallest absolute Gasteiger partial charge is 0.340 e. The molecule has 44 heavy (non-hydrogen) atoms. The van der Waals surface area contributed by atoms with Crippen LogP contribution >= 0.6 is 0 Å². The summed E-state index contributed by atoms with van der Waals surface area (Å²) < 4.78 is 32.0. The molecule has 2 heterocycles. The first-order valence-corrected chi connectivity index (χ1v) is 14.0. The summed E-state index contributed by atoms with van der Waals surface area (Å²) in [5, 5.41) is 0. The largest absolute Gasteiger partial charge is 0.459 e. The highest BCUT2D eigenvalue weighted by Gasteiger charge is 2.41. The average molecular weight is 601 g/mol. The topological polar surface area (TPSA) is 123 Å². The molecule has 11 heteroatoms. The van der Waals surface area contributed by atoms with Crippen LogP contribution in [0.3, 0.4) is 0 Å². The van der Waals surface area contributed by atoms with Gasteiger partial charge in [0.25, 0.3) is 11.5 Å². The summed E-state index contributed by atoms with van der Waals surface area (Å²) in [7, 11) is 0. The van der Waals surface area contributed by atoms with Gasteiger partial charge in [0, 0.05) is 23.7 Å². The minimum Gasteiger partial charge on any atom is -0.459 e. The fourth-order valence-electron chi connectivity index (χ4n) is 4.89. The van der Waals surface area contributed by atoms with Crippen molar-refractivity contribution in [1.29, 1.82) is 0 Å². The number of carbonyl (C=O) groups excluding carboxylic acids is 3. The molecule has 1 fully saturated rings. The molecule has 4 aromatic rings. The number of ether oxygens (including phenoxy) is 3. The number of aryl methyl sites for hydroxylation is 1. The van der Waals surface area contributed by atoms with Crippen molar-refractivity contribution in [2.45, 2.75) is 37.7 Å². The van der Waals surface area contributed by atoms with Crippen molar-refractivity contribution in [1.82, 2.24) is 9.13 Å². The third-order valence-corrected chi connectivity index (χ3v) is 7.14. The lowest BCUT2D eigenvalue weighted by Gasteiger charge is -2.19. The van der Waals surface area contributed by atoms with E-state index in [0.29, 0.717) is 10.1 Å². The molecule has 1 aliphatic heterocycles. The molecule has 0 radical (unpaired) electrons. The van der Waals surface area contributed by atoms with E-state index < -0.39 is 54.2 Å². The molecule has 1 aromatic heterocycles. The van der Waals surface area contributed by atoms with Crippen molar-refractivity contribution in [2.24, 2.45) is 0 Å². The van der Waals surface area contributed by atoms with Crippen molar-refractivity contribution >= 4 is 17.8 Å². The Morgan fingerprint density at radius 1 is 0.818 bits per heavy atom. The molecule has 1 saturated heterocycles. The molecule has 3 atom stereocenters. The molecule has 0 saturated carbocycles. The summed E-state index contributed by atoms with van der Waals surface area (Å²) in [6.07, 6.45) is -1.94. The van der Waals surface area contributed by atoms with Crippen LogP contribution in [0, 0.1) is 0 Å². The van der Waals surface area contributed by atoms with Crippen LogP contribution in [-0.2, 0) is 20.6 Å². The van der Waals surface area contributed by atoms with E-state index in [0.717, 1.165) is 4.57 Å². The lowest BCUT2D eigenvalue weighted by atomic mass is 10.1. The summed E-state index contributed by atoms with van der Waals surface area (Å²) in [4.78, 5) is 65.9. The van der Waals surface area contributed by atoms with Gasteiger partial charge in [-0.2, -0.15) is 4.57 Å². The molecule has 0 amide bonds. The minimum absolute atomic E-state index is 0.00608. The number of esters is 2. The fourth-order valence-corrected chi connectivity index (χ4v) is 4.89. The van der Waals surface area contributed by atoms with Gasteiger partial charge in [-0.25, -0.2) is 14.4 Å². The molecular weight excluding hydrogens is 571 g/mol. The van der Waals surface area contributed by atoms with E-state index in [2.05, 4.69) is 0 Å². The molecule has 1 aliphatic rings. The minimum atomic E-state index is -1.11. The van der Waals surface area contributed by atoms with Crippen molar-refractivity contribution in [3.05, 3.63) is 140 Å². The first-order chi connectivity index (χ1) is 21.4. The van der Waals surface area contributed by atoms with Gasteiger partial charge >= 0.3 is 17.6 Å². The normalized spacial score (nSPS) is 17.6. The Balaban J connectivity index is 1.48. The lowest BCUT2D eigenvalue weighted by molar-refractivity contribution is -0.0585. The van der Waals surface area contributed by atoms with Crippen LogP contribution in [0.1, 0.15) is 55.7 Å². The number of hydrogen-bond donors (Lipinski definition) is 0. The van der Waals surface area contributed by atoms with E-state index >= 15 is 0 Å². The molecule has 10 nitrogen and oxygen atoms in total. The second-order valence-corrected chi connectivity index (χ2v) is 10.1. The highest BCUT2D eigenvalue weighted by molar-refractivity contribution is 5.95. The molecule has 226 valence electrons. The Labute approximate surface area is 251 Å². The zero-order valence-electron chi connectivity index (χ0n) is 23.5. The highest BCUT2D eigenvalue weighted by Crippen LogP contribution is 2.31. The fraction of sp³-hybridized carbons (Fsp3) is 0.242. The van der Waals surface area contributed by atoms with Gasteiger partial charge in [0.1, 0.15) is 25.0 Å². The van der Waals surface area contributed by atoms with E-state index in [1.165, 1.54) is 18.3 Å². The predicted octanol–water partition coefficient (Wildman–Crippen LogP) is 3.97. The van der Waals surface area contributed by atoms with E-state index in [9.17, 15) is 28.4 Å². The molecule has 5 rings (SSSR count). The number of hydrogen-bond acceptors (Lipinski definition) is 8. The van der Waals surface area contributed by atoms with Crippen LogP contribution in [0.4, 0.5) is 4.39 Å². The highest BCUT2D eigenvalue weighted by atomic mass is 19.1. The van der Waals surface area contributed by atoms with Gasteiger partial charge < -0.3 is 14.2 Å². The van der Waals surface area contributed by atoms with Gasteiger partial charge in [0.2, 0.25) is 0 Å². The number of rotatable bonds is 10. The van der Waals surface area contributed by atoms with Crippen LogP contribution in [0.5, 0.6) is 0 Å². The Bertz CT molecular complexity index is 1740. The number of aromatic nitrogens is 2. The summed E-state index contributed by atoms with van der Waals surface area (Å²) >= 11 is 0. The first kappa shape index (κ1) is 30.3. The summed E-state index contributed by atoms with van der Waals surface area (Å²) in [5.41, 5.74) is -1.11. The maximum Gasteiger partial charge on any atom is 0.340 e. The lowest BCUT2D eigenvalue weighted by Crippen LogP contribution is -2.46. The molecule has 3 aromatic carbocycles. The van der Waals surface area contributed by atoms with Gasteiger partial charge in [0.15, 0.2) is 0 Å². The first-order valence-electron chi connectivity index (χ1n) is 14.0. The number of alkyl halides is 1. The number of halogens is 1.